The lowest BCUT2D eigenvalue weighted by Crippen LogP contribution is -2.43. The zero-order chi connectivity index (χ0) is 39.9. The van der Waals surface area contributed by atoms with E-state index in [1.807, 2.05) is 0 Å². The van der Waals surface area contributed by atoms with Crippen molar-refractivity contribution in [3.63, 3.8) is 0 Å². The summed E-state index contributed by atoms with van der Waals surface area (Å²) < 4.78 is 0. The van der Waals surface area contributed by atoms with Crippen molar-refractivity contribution >= 4 is 0 Å². The van der Waals surface area contributed by atoms with Crippen molar-refractivity contribution < 1.29 is 0 Å². The molecule has 1 heteroatoms. The van der Waals surface area contributed by atoms with Crippen LogP contribution in [-0.4, -0.2) is 13.1 Å². The predicted molar refractivity (Wildman–Crippen MR) is 250 cm³/mol. The molecule has 1 nitrogen and oxygen atoms in total. The molecule has 2 aliphatic carbocycles. The van der Waals surface area contributed by atoms with E-state index in [-0.39, 0.29) is 0 Å². The third-order valence-corrected chi connectivity index (χ3v) is 14.5. The molecule has 55 heavy (non-hydrogen) atoms. The third-order valence-electron chi connectivity index (χ3n) is 14.5. The number of rotatable bonds is 33. The fourth-order valence-electron chi connectivity index (χ4n) is 10.6. The van der Waals surface area contributed by atoms with Crippen LogP contribution >= 0.6 is 0 Å². The molecule has 4 unspecified atom stereocenters. The summed E-state index contributed by atoms with van der Waals surface area (Å²) in [6, 6.07) is 0.725. The second-order valence-corrected chi connectivity index (χ2v) is 19.9. The predicted octanol–water partition coefficient (Wildman–Crippen LogP) is 17.9. The fraction of sp³-hybridized carbons (Fsp3) is 0.852. The monoisotopic (exact) mass is 762 g/mol. The van der Waals surface area contributed by atoms with Gasteiger partial charge in [-0.25, -0.2) is 0 Å². The summed E-state index contributed by atoms with van der Waals surface area (Å²) in [7, 11) is 2.18. The molecule has 0 amide bonds. The molecule has 0 spiro atoms. The van der Waals surface area contributed by atoms with Crippen molar-refractivity contribution in [2.75, 3.05) is 7.05 Å². The van der Waals surface area contributed by atoms with E-state index < -0.39 is 0 Å². The Kier molecular flexibility index (Phi) is 29.0. The molecule has 2 saturated carbocycles. The molecule has 1 N–H and O–H groups in total. The lowest BCUT2D eigenvalue weighted by atomic mass is 9.56. The molecule has 0 radical (unpaired) electrons. The lowest BCUT2D eigenvalue weighted by Gasteiger charge is -2.49. The highest BCUT2D eigenvalue weighted by molar-refractivity contribution is 4.96. The van der Waals surface area contributed by atoms with Crippen molar-refractivity contribution in [2.45, 2.75) is 253 Å². The lowest BCUT2D eigenvalue weighted by molar-refractivity contribution is 0.0236. The van der Waals surface area contributed by atoms with Crippen LogP contribution in [-0.2, 0) is 0 Å². The van der Waals surface area contributed by atoms with Crippen molar-refractivity contribution in [3.8, 4) is 0 Å². The molecule has 2 aliphatic rings. The van der Waals surface area contributed by atoms with Crippen LogP contribution in [0.4, 0.5) is 0 Å². The smallest absolute Gasteiger partial charge is 0.00924 e. The zero-order valence-electron chi connectivity index (χ0n) is 38.6. The maximum atomic E-state index is 3.63. The van der Waals surface area contributed by atoms with E-state index in [2.05, 4.69) is 103 Å². The Bertz CT molecular complexity index is 991. The highest BCUT2D eigenvalue weighted by atomic mass is 14.9. The van der Waals surface area contributed by atoms with Gasteiger partial charge in [-0.15, -0.1) is 0 Å². The van der Waals surface area contributed by atoms with E-state index >= 15 is 0 Å². The van der Waals surface area contributed by atoms with Crippen molar-refractivity contribution in [2.24, 2.45) is 34.5 Å². The standard InChI is InChI=1S/C54H99N/c1-8-10-12-14-16-18-20-22-24-25-27-29-31-33-35-37-39-54(42-40-53(6,41-43-54)47-51-44-50(5)52(55-7)45-49(51)4)46-48(3)38-36-34-32-30-28-26-23-21-19-17-15-13-11-9-2/h16-19,22-24,26,48-52,55H,8-15,20-21,25,27-47H2,1-7H3/b18-16-,19-17-,24-22-,26-23-/t48?,49-,50?,51?,52?,53?,54?/m0/s1. The van der Waals surface area contributed by atoms with Gasteiger partial charge in [-0.2, -0.15) is 0 Å². The van der Waals surface area contributed by atoms with Crippen LogP contribution in [0.3, 0.4) is 0 Å². The number of nitrogens with one attached hydrogen (secondary N) is 1. The molecule has 0 aromatic carbocycles. The van der Waals surface area contributed by atoms with Crippen molar-refractivity contribution in [1.82, 2.24) is 5.32 Å². The van der Waals surface area contributed by atoms with Gasteiger partial charge in [0.2, 0.25) is 0 Å². The number of allylic oxidation sites excluding steroid dienone is 8. The normalized spacial score (nSPS) is 27.0. The van der Waals surface area contributed by atoms with Gasteiger partial charge >= 0.3 is 0 Å². The molecule has 2 rings (SSSR count). The highest BCUT2D eigenvalue weighted by Gasteiger charge is 2.43. The maximum absolute atomic E-state index is 3.63. The van der Waals surface area contributed by atoms with Crippen molar-refractivity contribution in [1.29, 1.82) is 0 Å². The Morgan fingerprint density at radius 1 is 0.564 bits per heavy atom. The van der Waals surface area contributed by atoms with Gasteiger partial charge in [0.1, 0.15) is 0 Å². The van der Waals surface area contributed by atoms with Crippen molar-refractivity contribution in [3.05, 3.63) is 48.6 Å². The largest absolute Gasteiger partial charge is 0.317 e. The van der Waals surface area contributed by atoms with E-state index in [1.165, 1.54) is 193 Å². The van der Waals surface area contributed by atoms with Crippen LogP contribution in [0.15, 0.2) is 48.6 Å². The molecule has 0 saturated heterocycles. The third kappa shape index (κ3) is 23.8. The first kappa shape index (κ1) is 50.1. The molecule has 0 aliphatic heterocycles. The van der Waals surface area contributed by atoms with Crippen LogP contribution in [0.2, 0.25) is 0 Å². The maximum Gasteiger partial charge on any atom is 0.00924 e. The molecule has 320 valence electrons. The van der Waals surface area contributed by atoms with Crippen LogP contribution in [0, 0.1) is 34.5 Å². The number of unbranched alkanes of at least 4 members (excludes halogenated alkanes) is 16. The minimum Gasteiger partial charge on any atom is -0.317 e. The first-order valence-corrected chi connectivity index (χ1v) is 25.0. The molecule has 0 aromatic heterocycles. The molecule has 0 heterocycles. The van der Waals surface area contributed by atoms with Crippen LogP contribution in [0.5, 0.6) is 0 Å². The SMILES string of the molecule is CCCCC/C=C\C/C=C\CCCCCCCCC1(CC(C)CCCCCC/C=C\C/C=C\CCCCC)CCC(C)(CC2CC(C)C(NC)C[C@@H]2C)CC1. The molecule has 0 bridgehead atoms. The van der Waals surface area contributed by atoms with E-state index in [4.69, 9.17) is 0 Å². The van der Waals surface area contributed by atoms with Crippen LogP contribution in [0.25, 0.3) is 0 Å². The number of hydrogen-bond acceptors (Lipinski definition) is 1. The van der Waals surface area contributed by atoms with Crippen LogP contribution in [0.1, 0.15) is 247 Å². The van der Waals surface area contributed by atoms with Gasteiger partial charge in [0.15, 0.2) is 0 Å². The highest BCUT2D eigenvalue weighted by Crippen LogP contribution is 2.55. The minimum absolute atomic E-state index is 0.566. The van der Waals surface area contributed by atoms with E-state index in [1.54, 1.807) is 0 Å². The topological polar surface area (TPSA) is 12.0 Å². The first-order chi connectivity index (χ1) is 26.8. The van der Waals surface area contributed by atoms with Gasteiger partial charge in [-0.1, -0.05) is 174 Å². The Balaban J connectivity index is 1.74. The van der Waals surface area contributed by atoms with Gasteiger partial charge in [0, 0.05) is 6.04 Å². The molecule has 0 aromatic rings. The summed E-state index contributed by atoms with van der Waals surface area (Å²) in [5.74, 6) is 3.51. The summed E-state index contributed by atoms with van der Waals surface area (Å²) in [5.41, 5.74) is 1.18. The molecular weight excluding hydrogens is 663 g/mol. The molecule has 2 fully saturated rings. The average molecular weight is 762 g/mol. The summed E-state index contributed by atoms with van der Waals surface area (Å²) in [6.07, 6.45) is 63.5. The fourth-order valence-corrected chi connectivity index (χ4v) is 10.6. The second-order valence-electron chi connectivity index (χ2n) is 19.9. The summed E-state index contributed by atoms with van der Waals surface area (Å²) in [4.78, 5) is 0. The second kappa shape index (κ2) is 31.9. The zero-order valence-corrected chi connectivity index (χ0v) is 38.6. The van der Waals surface area contributed by atoms with E-state index in [9.17, 15) is 0 Å². The van der Waals surface area contributed by atoms with Gasteiger partial charge in [-0.3, -0.25) is 0 Å². The minimum atomic E-state index is 0.566. The Labute approximate surface area is 347 Å². The van der Waals surface area contributed by atoms with Gasteiger partial charge in [-0.05, 0) is 164 Å². The van der Waals surface area contributed by atoms with E-state index in [0.717, 1.165) is 42.6 Å². The van der Waals surface area contributed by atoms with E-state index in [0.29, 0.717) is 10.8 Å². The summed E-state index contributed by atoms with van der Waals surface area (Å²) in [5, 5.41) is 3.63. The van der Waals surface area contributed by atoms with Gasteiger partial charge in [0.05, 0.1) is 0 Å². The Hall–Kier alpha value is -1.08. The number of hydrogen-bond donors (Lipinski definition) is 1. The first-order valence-electron chi connectivity index (χ1n) is 25.0. The molecular formula is C54H99N. The molecule has 5 atom stereocenters. The van der Waals surface area contributed by atoms with Gasteiger partial charge in [0.25, 0.3) is 0 Å². The van der Waals surface area contributed by atoms with Gasteiger partial charge < -0.3 is 5.32 Å². The Morgan fingerprint density at radius 2 is 1.04 bits per heavy atom. The summed E-state index contributed by atoms with van der Waals surface area (Å²) in [6.45, 7) is 15.0. The van der Waals surface area contributed by atoms with Crippen LogP contribution < -0.4 is 5.32 Å². The summed E-state index contributed by atoms with van der Waals surface area (Å²) >= 11 is 0. The quantitative estimate of drug-likeness (QED) is 0.0519. The Morgan fingerprint density at radius 3 is 1.55 bits per heavy atom. The average Bonchev–Trinajstić information content (AvgIpc) is 3.17.